The predicted octanol–water partition coefficient (Wildman–Crippen LogP) is 3.58. The number of aryl methyl sites for hydroxylation is 1. The van der Waals surface area contributed by atoms with Crippen LogP contribution >= 0.6 is 0 Å². The van der Waals surface area contributed by atoms with E-state index in [1.165, 1.54) is 6.07 Å². The summed E-state index contributed by atoms with van der Waals surface area (Å²) in [6.07, 6.45) is -2.66. The molecule has 0 aromatic heterocycles. The molecule has 0 unspecified atom stereocenters. The average Bonchev–Trinajstić information content (AvgIpc) is 2.14. The van der Waals surface area contributed by atoms with Gasteiger partial charge in [-0.1, -0.05) is 18.7 Å². The summed E-state index contributed by atoms with van der Waals surface area (Å²) in [4.78, 5) is 0. The fourth-order valence-corrected chi connectivity index (χ4v) is 1.13. The Morgan fingerprint density at radius 2 is 2.07 bits per heavy atom. The molecule has 0 saturated heterocycles. The second kappa shape index (κ2) is 4.38. The highest BCUT2D eigenvalue weighted by molar-refractivity contribution is 5.53. The van der Waals surface area contributed by atoms with Crippen LogP contribution in [0.25, 0.3) is 6.08 Å². The van der Waals surface area contributed by atoms with Crippen LogP contribution in [0, 0.1) is 6.92 Å². The molecule has 0 saturated carbocycles. The topological polar surface area (TPSA) is 9.23 Å². The average molecular weight is 216 g/mol. The first-order valence-corrected chi connectivity index (χ1v) is 4.35. The minimum Gasteiger partial charge on any atom is -0.484 e. The van der Waals surface area contributed by atoms with E-state index < -0.39 is 12.8 Å². The molecule has 0 spiro atoms. The van der Waals surface area contributed by atoms with Gasteiger partial charge in [0.05, 0.1) is 0 Å². The molecule has 1 aromatic carbocycles. The highest BCUT2D eigenvalue weighted by Crippen LogP contribution is 2.21. The molecule has 0 bridgehead atoms. The molecule has 0 aliphatic heterocycles. The minimum atomic E-state index is -4.30. The molecule has 1 rings (SSSR count). The van der Waals surface area contributed by atoms with Gasteiger partial charge in [0.15, 0.2) is 6.61 Å². The van der Waals surface area contributed by atoms with Crippen molar-refractivity contribution in [2.75, 3.05) is 6.61 Å². The van der Waals surface area contributed by atoms with Gasteiger partial charge in [-0.15, -0.1) is 0 Å². The van der Waals surface area contributed by atoms with Crippen molar-refractivity contribution in [2.24, 2.45) is 0 Å². The third-order valence-corrected chi connectivity index (χ3v) is 1.86. The molecule has 0 aliphatic carbocycles. The third-order valence-electron chi connectivity index (χ3n) is 1.86. The first-order valence-electron chi connectivity index (χ1n) is 4.35. The van der Waals surface area contributed by atoms with Crippen molar-refractivity contribution in [1.29, 1.82) is 0 Å². The number of benzene rings is 1. The maximum atomic E-state index is 11.8. The van der Waals surface area contributed by atoms with Crippen LogP contribution in [-0.2, 0) is 0 Å². The van der Waals surface area contributed by atoms with Crippen LogP contribution in [0.3, 0.4) is 0 Å². The normalized spacial score (nSPS) is 11.2. The van der Waals surface area contributed by atoms with Crippen molar-refractivity contribution in [2.45, 2.75) is 13.1 Å². The Morgan fingerprint density at radius 3 is 2.53 bits per heavy atom. The molecule has 0 radical (unpaired) electrons. The number of halogens is 3. The number of hydrogen-bond acceptors (Lipinski definition) is 1. The Bertz CT molecular complexity index is 355. The van der Waals surface area contributed by atoms with Crippen molar-refractivity contribution in [3.8, 4) is 5.75 Å². The molecule has 0 heterocycles. The lowest BCUT2D eigenvalue weighted by atomic mass is 10.1. The van der Waals surface area contributed by atoms with Crippen molar-refractivity contribution >= 4 is 6.08 Å². The van der Waals surface area contributed by atoms with E-state index in [1.807, 2.05) is 0 Å². The Kier molecular flexibility index (Phi) is 3.39. The summed E-state index contributed by atoms with van der Waals surface area (Å²) in [6.45, 7) is 4.11. The zero-order valence-electron chi connectivity index (χ0n) is 8.27. The van der Waals surface area contributed by atoms with Gasteiger partial charge in [-0.05, 0) is 30.2 Å². The van der Waals surface area contributed by atoms with Crippen LogP contribution in [0.2, 0.25) is 0 Å². The molecule has 0 atom stereocenters. The summed E-state index contributed by atoms with van der Waals surface area (Å²) < 4.78 is 40.1. The van der Waals surface area contributed by atoms with Gasteiger partial charge in [-0.25, -0.2) is 0 Å². The van der Waals surface area contributed by atoms with Gasteiger partial charge in [-0.3, -0.25) is 0 Å². The van der Waals surface area contributed by atoms with E-state index in [0.717, 1.165) is 11.1 Å². The van der Waals surface area contributed by atoms with Gasteiger partial charge in [0.2, 0.25) is 0 Å². The lowest BCUT2D eigenvalue weighted by molar-refractivity contribution is -0.153. The van der Waals surface area contributed by atoms with Crippen LogP contribution in [0.15, 0.2) is 24.8 Å². The van der Waals surface area contributed by atoms with Crippen LogP contribution < -0.4 is 4.74 Å². The molecule has 0 N–H and O–H groups in total. The molecular formula is C11H11F3O. The monoisotopic (exact) mass is 216 g/mol. The van der Waals surface area contributed by atoms with E-state index in [-0.39, 0.29) is 5.75 Å². The van der Waals surface area contributed by atoms with E-state index in [1.54, 1.807) is 25.1 Å². The summed E-state index contributed by atoms with van der Waals surface area (Å²) in [7, 11) is 0. The van der Waals surface area contributed by atoms with E-state index >= 15 is 0 Å². The summed E-state index contributed by atoms with van der Waals surface area (Å²) >= 11 is 0. The molecule has 82 valence electrons. The number of ether oxygens (including phenoxy) is 1. The Labute approximate surface area is 86.2 Å². The van der Waals surface area contributed by atoms with Crippen LogP contribution in [-0.4, -0.2) is 12.8 Å². The Hall–Kier alpha value is -1.45. The second-order valence-corrected chi connectivity index (χ2v) is 3.13. The fourth-order valence-electron chi connectivity index (χ4n) is 1.13. The summed E-state index contributed by atoms with van der Waals surface area (Å²) in [5.74, 6) is 0.218. The molecule has 1 nitrogen and oxygen atoms in total. The molecule has 1 aromatic rings. The van der Waals surface area contributed by atoms with E-state index in [0.29, 0.717) is 0 Å². The van der Waals surface area contributed by atoms with Gasteiger partial charge < -0.3 is 4.74 Å². The SMILES string of the molecule is C=Cc1ccc(OCC(F)(F)F)cc1C. The van der Waals surface area contributed by atoms with Gasteiger partial charge >= 0.3 is 6.18 Å². The molecule has 0 amide bonds. The van der Waals surface area contributed by atoms with Crippen LogP contribution in [0.1, 0.15) is 11.1 Å². The van der Waals surface area contributed by atoms with Gasteiger partial charge in [0.25, 0.3) is 0 Å². The minimum absolute atomic E-state index is 0.218. The Morgan fingerprint density at radius 1 is 1.40 bits per heavy atom. The smallest absolute Gasteiger partial charge is 0.422 e. The standard InChI is InChI=1S/C11H11F3O/c1-3-9-4-5-10(6-8(9)2)15-7-11(12,13)14/h3-6H,1,7H2,2H3. The predicted molar refractivity (Wildman–Crippen MR) is 52.8 cm³/mol. The van der Waals surface area contributed by atoms with Gasteiger partial charge in [0.1, 0.15) is 5.75 Å². The van der Waals surface area contributed by atoms with Crippen LogP contribution in [0.4, 0.5) is 13.2 Å². The first kappa shape index (κ1) is 11.6. The lowest BCUT2D eigenvalue weighted by Gasteiger charge is -2.10. The first-order chi connectivity index (χ1) is 6.92. The highest BCUT2D eigenvalue weighted by Gasteiger charge is 2.28. The highest BCUT2D eigenvalue weighted by atomic mass is 19.4. The second-order valence-electron chi connectivity index (χ2n) is 3.13. The lowest BCUT2D eigenvalue weighted by Crippen LogP contribution is -2.19. The quantitative estimate of drug-likeness (QED) is 0.750. The summed E-state index contributed by atoms with van der Waals surface area (Å²) in [5, 5.41) is 0. The summed E-state index contributed by atoms with van der Waals surface area (Å²) in [6, 6.07) is 4.73. The van der Waals surface area contributed by atoms with E-state index in [2.05, 4.69) is 11.3 Å². The molecule has 0 fully saturated rings. The van der Waals surface area contributed by atoms with Crippen molar-refractivity contribution in [3.05, 3.63) is 35.9 Å². The van der Waals surface area contributed by atoms with Gasteiger partial charge in [-0.2, -0.15) is 13.2 Å². The van der Waals surface area contributed by atoms with Gasteiger partial charge in [0, 0.05) is 0 Å². The van der Waals surface area contributed by atoms with Crippen LogP contribution in [0.5, 0.6) is 5.75 Å². The largest absolute Gasteiger partial charge is 0.484 e. The summed E-state index contributed by atoms with van der Waals surface area (Å²) in [5.41, 5.74) is 1.72. The number of hydrogen-bond donors (Lipinski definition) is 0. The molecule has 4 heteroatoms. The molecule has 15 heavy (non-hydrogen) atoms. The van der Waals surface area contributed by atoms with Crippen molar-refractivity contribution in [1.82, 2.24) is 0 Å². The zero-order valence-corrected chi connectivity index (χ0v) is 8.27. The van der Waals surface area contributed by atoms with Crippen molar-refractivity contribution in [3.63, 3.8) is 0 Å². The van der Waals surface area contributed by atoms with Crippen molar-refractivity contribution < 1.29 is 17.9 Å². The number of rotatable bonds is 3. The Balaban J connectivity index is 2.72. The maximum Gasteiger partial charge on any atom is 0.422 e. The molecule has 0 aliphatic rings. The number of alkyl halides is 3. The van der Waals surface area contributed by atoms with E-state index in [4.69, 9.17) is 0 Å². The third kappa shape index (κ3) is 3.65. The maximum absolute atomic E-state index is 11.8. The fraction of sp³-hybridized carbons (Fsp3) is 0.273. The molecular weight excluding hydrogens is 205 g/mol. The van der Waals surface area contributed by atoms with E-state index in [9.17, 15) is 13.2 Å². The zero-order chi connectivity index (χ0) is 11.5.